The zero-order valence-electron chi connectivity index (χ0n) is 11.9. The second-order valence-electron chi connectivity index (χ2n) is 5.28. The van der Waals surface area contributed by atoms with Gasteiger partial charge in [-0.2, -0.15) is 0 Å². The van der Waals surface area contributed by atoms with Crippen LogP contribution in [0.15, 0.2) is 29.6 Å². The van der Waals surface area contributed by atoms with Crippen LogP contribution in [-0.4, -0.2) is 30.4 Å². The Morgan fingerprint density at radius 2 is 2.27 bits per heavy atom. The summed E-state index contributed by atoms with van der Waals surface area (Å²) < 4.78 is 0.878. The van der Waals surface area contributed by atoms with Gasteiger partial charge in [-0.3, -0.25) is 9.69 Å². The number of fused-ring (bicyclic) bond motifs is 1. The van der Waals surface area contributed by atoms with Crippen LogP contribution >= 0.6 is 45.5 Å². The molecule has 0 radical (unpaired) electrons. The maximum Gasteiger partial charge on any atom is 0.252 e. The number of hydrogen-bond acceptors (Lipinski definition) is 3. The fraction of sp³-hybridized carbons (Fsp3) is 0.312. The third-order valence-corrected chi connectivity index (χ3v) is 5.93. The van der Waals surface area contributed by atoms with Gasteiger partial charge in [0.15, 0.2) is 0 Å². The van der Waals surface area contributed by atoms with Crippen molar-refractivity contribution in [2.24, 2.45) is 0 Å². The molecule has 0 atom stereocenters. The number of carbonyl (C=O) groups is 1. The molecule has 22 heavy (non-hydrogen) atoms. The van der Waals surface area contributed by atoms with E-state index in [1.54, 1.807) is 18.2 Å². The molecular weight excluding hydrogens is 431 g/mol. The van der Waals surface area contributed by atoms with E-state index in [9.17, 15) is 4.79 Å². The first-order valence-electron chi connectivity index (χ1n) is 7.14. The van der Waals surface area contributed by atoms with Crippen molar-refractivity contribution < 1.29 is 4.79 Å². The lowest BCUT2D eigenvalue weighted by molar-refractivity contribution is 0.0946. The number of halogens is 2. The van der Waals surface area contributed by atoms with Crippen molar-refractivity contribution in [2.75, 3.05) is 19.6 Å². The topological polar surface area (TPSA) is 32.3 Å². The summed E-state index contributed by atoms with van der Waals surface area (Å²) in [5.41, 5.74) is 2.12. The fourth-order valence-electron chi connectivity index (χ4n) is 2.59. The van der Waals surface area contributed by atoms with Crippen LogP contribution in [0.25, 0.3) is 0 Å². The minimum atomic E-state index is -0.0331. The molecule has 1 aromatic heterocycles. The summed E-state index contributed by atoms with van der Waals surface area (Å²) in [6, 6.07) is 7.54. The summed E-state index contributed by atoms with van der Waals surface area (Å²) in [6.07, 6.45) is 1.12. The van der Waals surface area contributed by atoms with Gasteiger partial charge in [0, 0.05) is 39.6 Å². The van der Waals surface area contributed by atoms with Crippen LogP contribution in [0.2, 0.25) is 5.02 Å². The lowest BCUT2D eigenvalue weighted by Crippen LogP contribution is -2.37. The third-order valence-electron chi connectivity index (χ3n) is 3.78. The Morgan fingerprint density at radius 3 is 3.09 bits per heavy atom. The highest BCUT2D eigenvalue weighted by atomic mass is 127. The molecule has 1 aliphatic heterocycles. The highest BCUT2D eigenvalue weighted by molar-refractivity contribution is 14.1. The van der Waals surface area contributed by atoms with Crippen LogP contribution in [0.5, 0.6) is 0 Å². The number of thiophene rings is 1. The van der Waals surface area contributed by atoms with Crippen molar-refractivity contribution >= 4 is 51.4 Å². The molecule has 0 fully saturated rings. The zero-order valence-corrected chi connectivity index (χ0v) is 15.7. The van der Waals surface area contributed by atoms with Gasteiger partial charge in [-0.15, -0.1) is 11.3 Å². The maximum atomic E-state index is 12.2. The maximum absolute atomic E-state index is 12.2. The zero-order chi connectivity index (χ0) is 15.5. The standard InChI is InChI=1S/C16H16ClIN2OS/c17-12-1-2-13(14(18)9-12)16(21)19-5-7-20-6-3-15-11(10-20)4-8-22-15/h1-2,4,8-9H,3,5-7,10H2,(H,19,21). The molecule has 0 spiro atoms. The number of benzene rings is 1. The number of nitrogens with zero attached hydrogens (tertiary/aromatic N) is 1. The van der Waals surface area contributed by atoms with E-state index in [1.807, 2.05) is 11.3 Å². The van der Waals surface area contributed by atoms with Gasteiger partial charge in [0.1, 0.15) is 0 Å². The van der Waals surface area contributed by atoms with Gasteiger partial charge in [0.25, 0.3) is 5.91 Å². The molecule has 3 rings (SSSR count). The average molecular weight is 447 g/mol. The summed E-state index contributed by atoms with van der Waals surface area (Å²) in [7, 11) is 0. The smallest absolute Gasteiger partial charge is 0.252 e. The molecule has 1 amide bonds. The minimum absolute atomic E-state index is 0.0331. The van der Waals surface area contributed by atoms with Crippen LogP contribution < -0.4 is 5.32 Å². The highest BCUT2D eigenvalue weighted by Crippen LogP contribution is 2.23. The quantitative estimate of drug-likeness (QED) is 0.725. The predicted octanol–water partition coefficient (Wildman–Crippen LogP) is 3.79. The first-order valence-corrected chi connectivity index (χ1v) is 9.48. The molecule has 0 saturated heterocycles. The molecule has 0 aliphatic carbocycles. The lowest BCUT2D eigenvalue weighted by Gasteiger charge is -2.26. The first-order chi connectivity index (χ1) is 10.6. The molecule has 3 nitrogen and oxygen atoms in total. The Kier molecular flexibility index (Phi) is 5.38. The van der Waals surface area contributed by atoms with Gasteiger partial charge >= 0.3 is 0 Å². The SMILES string of the molecule is O=C(NCCN1CCc2sccc2C1)c1ccc(Cl)cc1I. The highest BCUT2D eigenvalue weighted by Gasteiger charge is 2.17. The second kappa shape index (κ2) is 7.29. The molecule has 0 saturated carbocycles. The fourth-order valence-corrected chi connectivity index (χ4v) is 4.60. The molecule has 2 aromatic rings. The van der Waals surface area contributed by atoms with E-state index in [-0.39, 0.29) is 5.91 Å². The Balaban J connectivity index is 1.50. The summed E-state index contributed by atoms with van der Waals surface area (Å²) in [5.74, 6) is -0.0331. The second-order valence-corrected chi connectivity index (χ2v) is 7.87. The van der Waals surface area contributed by atoms with E-state index in [4.69, 9.17) is 11.6 Å². The largest absolute Gasteiger partial charge is 0.351 e. The average Bonchev–Trinajstić information content (AvgIpc) is 2.94. The van der Waals surface area contributed by atoms with Crippen molar-refractivity contribution in [1.82, 2.24) is 10.2 Å². The molecule has 0 unspecified atom stereocenters. The van der Waals surface area contributed by atoms with Gasteiger partial charge in [-0.05, 0) is 64.2 Å². The van der Waals surface area contributed by atoms with Gasteiger partial charge in [0.05, 0.1) is 5.56 Å². The normalized spacial score (nSPS) is 14.6. The van der Waals surface area contributed by atoms with Crippen molar-refractivity contribution in [3.63, 3.8) is 0 Å². The van der Waals surface area contributed by atoms with Crippen LogP contribution in [0.1, 0.15) is 20.8 Å². The van der Waals surface area contributed by atoms with Crippen LogP contribution in [0, 0.1) is 3.57 Å². The summed E-state index contributed by atoms with van der Waals surface area (Å²) in [6.45, 7) is 3.61. The van der Waals surface area contributed by atoms with E-state index in [0.29, 0.717) is 17.1 Å². The van der Waals surface area contributed by atoms with Crippen LogP contribution in [0.3, 0.4) is 0 Å². The van der Waals surface area contributed by atoms with E-state index in [1.165, 1.54) is 10.4 Å². The van der Waals surface area contributed by atoms with E-state index >= 15 is 0 Å². The monoisotopic (exact) mass is 446 g/mol. The molecule has 1 aliphatic rings. The van der Waals surface area contributed by atoms with E-state index in [2.05, 4.69) is 44.3 Å². The molecule has 0 bridgehead atoms. The number of carbonyl (C=O) groups excluding carboxylic acids is 1. The van der Waals surface area contributed by atoms with Crippen molar-refractivity contribution in [3.05, 3.63) is 54.2 Å². The molecule has 6 heteroatoms. The van der Waals surface area contributed by atoms with Crippen molar-refractivity contribution in [1.29, 1.82) is 0 Å². The molecule has 1 aromatic carbocycles. The van der Waals surface area contributed by atoms with Gasteiger partial charge in [-0.1, -0.05) is 11.6 Å². The van der Waals surface area contributed by atoms with E-state index in [0.717, 1.165) is 29.6 Å². The van der Waals surface area contributed by atoms with Crippen LogP contribution in [0.4, 0.5) is 0 Å². The Hall–Kier alpha value is -0.630. The van der Waals surface area contributed by atoms with E-state index < -0.39 is 0 Å². The molecule has 116 valence electrons. The van der Waals surface area contributed by atoms with Crippen molar-refractivity contribution in [3.8, 4) is 0 Å². The third kappa shape index (κ3) is 3.82. The van der Waals surface area contributed by atoms with Gasteiger partial charge in [-0.25, -0.2) is 0 Å². The summed E-state index contributed by atoms with van der Waals surface area (Å²) in [5, 5.41) is 5.82. The van der Waals surface area contributed by atoms with Gasteiger partial charge < -0.3 is 5.32 Å². The molecule has 1 N–H and O–H groups in total. The number of rotatable bonds is 4. The Morgan fingerprint density at radius 1 is 1.41 bits per heavy atom. The number of hydrogen-bond donors (Lipinski definition) is 1. The number of nitrogens with one attached hydrogen (secondary N) is 1. The summed E-state index contributed by atoms with van der Waals surface area (Å²) >= 11 is 9.91. The predicted molar refractivity (Wildman–Crippen MR) is 99.8 cm³/mol. The number of amides is 1. The van der Waals surface area contributed by atoms with Crippen LogP contribution in [-0.2, 0) is 13.0 Å². The first kappa shape index (κ1) is 16.2. The van der Waals surface area contributed by atoms with Crippen molar-refractivity contribution in [2.45, 2.75) is 13.0 Å². The molecular formula is C16H16ClIN2OS. The minimum Gasteiger partial charge on any atom is -0.351 e. The Bertz CT molecular complexity index is 689. The Labute approximate surface area is 152 Å². The lowest BCUT2D eigenvalue weighted by atomic mass is 10.1. The molecule has 2 heterocycles. The summed E-state index contributed by atoms with van der Waals surface area (Å²) in [4.78, 5) is 16.1. The van der Waals surface area contributed by atoms with Gasteiger partial charge in [0.2, 0.25) is 0 Å².